The van der Waals surface area contributed by atoms with Crippen molar-refractivity contribution < 1.29 is 0 Å². The second-order valence-electron chi connectivity index (χ2n) is 14.0. The van der Waals surface area contributed by atoms with Crippen LogP contribution in [0.25, 0.3) is 98.5 Å². The maximum Gasteiger partial charge on any atom is 0.189 e. The molecule has 0 radical (unpaired) electrons. The minimum Gasteiger partial charge on any atom is -0.310 e. The molecule has 5 nitrogen and oxygen atoms in total. The highest BCUT2D eigenvalue weighted by Gasteiger charge is 2.18. The van der Waals surface area contributed by atoms with E-state index in [-0.39, 0.29) is 0 Å². The SMILES string of the molecule is [C-]#[N+]c1cc(-c2ccc(-n3c4ccc(C#N)cc4c4cc(-n5c6ccccc6c6ccccc65)ccc43)cc2)cc(-n2c3ccccc3c3ccccc32)c1. The Morgan fingerprint density at radius 2 is 0.836 bits per heavy atom. The minimum absolute atomic E-state index is 0.591. The molecule has 0 fully saturated rings. The van der Waals surface area contributed by atoms with Crippen LogP contribution in [0, 0.1) is 17.9 Å². The molecular formula is C50H29N5. The van der Waals surface area contributed by atoms with Gasteiger partial charge in [0.15, 0.2) is 5.69 Å². The van der Waals surface area contributed by atoms with Crippen LogP contribution in [-0.2, 0) is 0 Å². The molecule has 11 aromatic rings. The molecule has 55 heavy (non-hydrogen) atoms. The van der Waals surface area contributed by atoms with E-state index < -0.39 is 0 Å². The van der Waals surface area contributed by atoms with Gasteiger partial charge in [-0.1, -0.05) is 84.9 Å². The van der Waals surface area contributed by atoms with Gasteiger partial charge in [-0.15, -0.1) is 0 Å². The lowest BCUT2D eigenvalue weighted by molar-refractivity contribution is 1.16. The van der Waals surface area contributed by atoms with Crippen molar-refractivity contribution in [2.45, 2.75) is 0 Å². The lowest BCUT2D eigenvalue weighted by Crippen LogP contribution is -1.96. The van der Waals surface area contributed by atoms with Crippen molar-refractivity contribution in [1.29, 1.82) is 5.26 Å². The predicted octanol–water partition coefficient (Wildman–Crippen LogP) is 13.1. The van der Waals surface area contributed by atoms with Crippen molar-refractivity contribution in [3.63, 3.8) is 0 Å². The fraction of sp³-hybridized carbons (Fsp3) is 0. The fourth-order valence-electron chi connectivity index (χ4n) is 8.66. The number of rotatable bonds is 4. The molecule has 0 saturated carbocycles. The molecule has 0 saturated heterocycles. The molecule has 3 aromatic heterocycles. The molecule has 0 unspecified atom stereocenters. The molecular weight excluding hydrogens is 671 g/mol. The summed E-state index contributed by atoms with van der Waals surface area (Å²) in [6.45, 7) is 7.99. The average Bonchev–Trinajstić information content (AvgIpc) is 3.89. The number of benzene rings is 8. The zero-order valence-electron chi connectivity index (χ0n) is 29.5. The number of aromatic nitrogens is 3. The third-order valence-electron chi connectivity index (χ3n) is 11.0. The van der Waals surface area contributed by atoms with E-state index in [0.29, 0.717) is 11.3 Å². The van der Waals surface area contributed by atoms with Crippen molar-refractivity contribution >= 4 is 71.1 Å². The van der Waals surface area contributed by atoms with Crippen LogP contribution in [-0.4, -0.2) is 13.7 Å². The van der Waals surface area contributed by atoms with Gasteiger partial charge in [0.05, 0.1) is 51.3 Å². The van der Waals surface area contributed by atoms with Crippen LogP contribution in [0.2, 0.25) is 0 Å². The normalized spacial score (nSPS) is 11.6. The molecule has 0 bridgehead atoms. The Hall–Kier alpha value is -7.86. The van der Waals surface area contributed by atoms with Gasteiger partial charge in [0.1, 0.15) is 0 Å². The monoisotopic (exact) mass is 699 g/mol. The summed E-state index contributed by atoms with van der Waals surface area (Å²) in [4.78, 5) is 3.89. The summed E-state index contributed by atoms with van der Waals surface area (Å²) in [5, 5.41) is 16.8. The molecule has 0 spiro atoms. The number of nitriles is 1. The molecule has 0 N–H and O–H groups in total. The summed E-state index contributed by atoms with van der Waals surface area (Å²) in [6, 6.07) is 63.7. The first-order chi connectivity index (χ1) is 27.2. The highest BCUT2D eigenvalue weighted by atomic mass is 15.0. The van der Waals surface area contributed by atoms with Gasteiger partial charge in [-0.05, 0) is 102 Å². The molecule has 0 atom stereocenters. The molecule has 254 valence electrons. The molecule has 5 heteroatoms. The molecule has 0 aliphatic carbocycles. The molecule has 11 rings (SSSR count). The lowest BCUT2D eigenvalue weighted by atomic mass is 10.0. The van der Waals surface area contributed by atoms with Crippen LogP contribution in [0.5, 0.6) is 0 Å². The Morgan fingerprint density at radius 1 is 0.382 bits per heavy atom. The van der Waals surface area contributed by atoms with E-state index in [2.05, 4.69) is 176 Å². The first-order valence-electron chi connectivity index (χ1n) is 18.3. The van der Waals surface area contributed by atoms with E-state index in [1.54, 1.807) is 0 Å². The van der Waals surface area contributed by atoms with Crippen molar-refractivity contribution in [1.82, 2.24) is 13.7 Å². The molecule has 0 aliphatic rings. The molecule has 3 heterocycles. The first-order valence-corrected chi connectivity index (χ1v) is 18.3. The average molecular weight is 700 g/mol. The van der Waals surface area contributed by atoms with Crippen molar-refractivity contribution in [3.8, 4) is 34.3 Å². The molecule has 0 amide bonds. The van der Waals surface area contributed by atoms with Crippen LogP contribution in [0.15, 0.2) is 176 Å². The zero-order valence-corrected chi connectivity index (χ0v) is 29.5. The van der Waals surface area contributed by atoms with Gasteiger partial charge >= 0.3 is 0 Å². The fourth-order valence-corrected chi connectivity index (χ4v) is 8.66. The number of fused-ring (bicyclic) bond motifs is 9. The minimum atomic E-state index is 0.591. The Balaban J connectivity index is 1.06. The Morgan fingerprint density at radius 3 is 1.38 bits per heavy atom. The largest absolute Gasteiger partial charge is 0.310 e. The van der Waals surface area contributed by atoms with E-state index in [9.17, 15) is 5.26 Å². The second-order valence-corrected chi connectivity index (χ2v) is 14.0. The third-order valence-corrected chi connectivity index (χ3v) is 11.0. The van der Waals surface area contributed by atoms with Crippen LogP contribution in [0.3, 0.4) is 0 Å². The Kier molecular flexibility index (Phi) is 6.61. The van der Waals surface area contributed by atoms with Gasteiger partial charge in [0, 0.05) is 49.4 Å². The molecule has 0 aliphatic heterocycles. The van der Waals surface area contributed by atoms with Gasteiger partial charge in [-0.3, -0.25) is 0 Å². The van der Waals surface area contributed by atoms with Crippen LogP contribution in [0.4, 0.5) is 5.69 Å². The van der Waals surface area contributed by atoms with Gasteiger partial charge in [0.2, 0.25) is 0 Å². The van der Waals surface area contributed by atoms with E-state index in [4.69, 9.17) is 6.57 Å². The lowest BCUT2D eigenvalue weighted by Gasteiger charge is -2.13. The van der Waals surface area contributed by atoms with Crippen molar-refractivity contribution in [3.05, 3.63) is 193 Å². The number of hydrogen-bond acceptors (Lipinski definition) is 1. The highest BCUT2D eigenvalue weighted by Crippen LogP contribution is 2.39. The quantitative estimate of drug-likeness (QED) is 0.169. The Labute approximate surface area is 316 Å². The smallest absolute Gasteiger partial charge is 0.189 e. The van der Waals surface area contributed by atoms with Gasteiger partial charge in [0.25, 0.3) is 0 Å². The summed E-state index contributed by atoms with van der Waals surface area (Å²) in [6.07, 6.45) is 0. The predicted molar refractivity (Wildman–Crippen MR) is 226 cm³/mol. The highest BCUT2D eigenvalue weighted by molar-refractivity contribution is 6.13. The molecule has 8 aromatic carbocycles. The van der Waals surface area contributed by atoms with Crippen LogP contribution in [0.1, 0.15) is 5.56 Å². The maximum absolute atomic E-state index is 9.91. The maximum atomic E-state index is 9.91. The van der Waals surface area contributed by atoms with E-state index in [1.165, 1.54) is 21.5 Å². The van der Waals surface area contributed by atoms with E-state index in [0.717, 1.165) is 72.1 Å². The zero-order chi connectivity index (χ0) is 36.6. The number of hydrogen-bond donors (Lipinski definition) is 0. The number of para-hydroxylation sites is 4. The summed E-state index contributed by atoms with van der Waals surface area (Å²) in [7, 11) is 0. The van der Waals surface area contributed by atoms with Gasteiger partial charge in [-0.2, -0.15) is 5.26 Å². The summed E-state index contributed by atoms with van der Waals surface area (Å²) >= 11 is 0. The van der Waals surface area contributed by atoms with Gasteiger partial charge in [-0.25, -0.2) is 4.85 Å². The number of nitrogens with zero attached hydrogens (tertiary/aromatic N) is 5. The standard InChI is InChI=1S/C50H29N5/c1-52-35-27-34(28-38(29-35)55-47-16-8-4-12-41(47)42-13-5-9-17-48(42)55)33-19-21-36(22-20-33)53-49-24-18-32(31-51)26-43(49)44-30-37(23-25-50(44)53)54-45-14-6-2-10-39(45)40-11-3-7-15-46(40)54/h2-30H. The van der Waals surface area contributed by atoms with E-state index >= 15 is 0 Å². The summed E-state index contributed by atoms with van der Waals surface area (Å²) < 4.78 is 6.88. The van der Waals surface area contributed by atoms with Crippen molar-refractivity contribution in [2.24, 2.45) is 0 Å². The van der Waals surface area contributed by atoms with Crippen molar-refractivity contribution in [2.75, 3.05) is 0 Å². The summed E-state index contributed by atoms with van der Waals surface area (Å²) in [5.74, 6) is 0. The Bertz CT molecular complexity index is 3350. The van der Waals surface area contributed by atoms with Crippen LogP contribution >= 0.6 is 0 Å². The summed E-state index contributed by atoms with van der Waals surface area (Å²) in [5.41, 5.74) is 12.9. The topological polar surface area (TPSA) is 42.9 Å². The van der Waals surface area contributed by atoms with E-state index in [1.807, 2.05) is 24.3 Å². The van der Waals surface area contributed by atoms with Crippen LogP contribution < -0.4 is 0 Å². The van der Waals surface area contributed by atoms with Gasteiger partial charge < -0.3 is 13.7 Å². The first kappa shape index (κ1) is 30.7. The second kappa shape index (κ2) is 11.8. The third kappa shape index (κ3) is 4.58.